The van der Waals surface area contributed by atoms with E-state index in [2.05, 4.69) is 10.5 Å². The van der Waals surface area contributed by atoms with Crippen molar-refractivity contribution in [3.8, 4) is 11.5 Å². The highest BCUT2D eigenvalue weighted by atomic mass is 19.1. The Hall–Kier alpha value is -3.09. The smallest absolute Gasteiger partial charge is 0.265 e. The average Bonchev–Trinajstić information content (AvgIpc) is 2.60. The molecule has 0 aliphatic heterocycles. The minimum atomic E-state index is -0.427. The maximum absolute atomic E-state index is 13.4. The maximum Gasteiger partial charge on any atom is 0.265 e. The van der Waals surface area contributed by atoms with Gasteiger partial charge in [0, 0.05) is 11.6 Å². The lowest BCUT2D eigenvalue weighted by atomic mass is 10.2. The molecule has 0 fully saturated rings. The summed E-state index contributed by atoms with van der Waals surface area (Å²) in [6.07, 6.45) is 1.20. The molecule has 7 heteroatoms. The molecule has 0 atom stereocenters. The average molecular weight is 332 g/mol. The van der Waals surface area contributed by atoms with E-state index in [0.717, 1.165) is 0 Å². The minimum absolute atomic E-state index is 0.273. The van der Waals surface area contributed by atoms with E-state index in [1.807, 2.05) is 0 Å². The molecular weight excluding hydrogens is 315 g/mol. The number of hydrogen-bond acceptors (Lipinski definition) is 5. The van der Waals surface area contributed by atoms with E-state index in [0.29, 0.717) is 17.2 Å². The summed E-state index contributed by atoms with van der Waals surface area (Å²) >= 11 is 0. The fraction of sp³-hybridized carbons (Fsp3) is 0.176. The van der Waals surface area contributed by atoms with E-state index < -0.39 is 11.7 Å². The summed E-state index contributed by atoms with van der Waals surface area (Å²) in [7, 11) is 3.02. The van der Waals surface area contributed by atoms with Gasteiger partial charge in [0.25, 0.3) is 5.91 Å². The van der Waals surface area contributed by atoms with Crippen LogP contribution in [0.5, 0.6) is 11.5 Å². The van der Waals surface area contributed by atoms with Gasteiger partial charge in [-0.2, -0.15) is 0 Å². The van der Waals surface area contributed by atoms with E-state index in [9.17, 15) is 9.18 Å². The Labute approximate surface area is 138 Å². The highest BCUT2D eigenvalue weighted by Gasteiger charge is 2.09. The number of hydrogen-bond donors (Lipinski definition) is 1. The first-order valence-electron chi connectivity index (χ1n) is 7.05. The summed E-state index contributed by atoms with van der Waals surface area (Å²) in [4.78, 5) is 16.7. The summed E-state index contributed by atoms with van der Waals surface area (Å²) in [6.45, 7) is -0.319. The molecule has 24 heavy (non-hydrogen) atoms. The summed E-state index contributed by atoms with van der Waals surface area (Å²) in [5, 5.41) is 6.21. The van der Waals surface area contributed by atoms with Gasteiger partial charge >= 0.3 is 0 Å². The van der Waals surface area contributed by atoms with Crippen LogP contribution in [0.3, 0.4) is 0 Å². The second-order valence-electron chi connectivity index (χ2n) is 4.64. The molecular formula is C17H17FN2O4. The summed E-state index contributed by atoms with van der Waals surface area (Å²) in [5.74, 6) is 0.217. The van der Waals surface area contributed by atoms with Crippen LogP contribution >= 0.6 is 0 Å². The second kappa shape index (κ2) is 8.52. The van der Waals surface area contributed by atoms with Crippen molar-refractivity contribution in [3.63, 3.8) is 0 Å². The van der Waals surface area contributed by atoms with Crippen molar-refractivity contribution in [1.29, 1.82) is 0 Å². The maximum atomic E-state index is 13.4. The molecule has 0 saturated carbocycles. The van der Waals surface area contributed by atoms with Gasteiger partial charge in [-0.3, -0.25) is 4.79 Å². The van der Waals surface area contributed by atoms with Gasteiger partial charge in [-0.25, -0.2) is 4.39 Å². The first kappa shape index (κ1) is 17.3. The summed E-state index contributed by atoms with van der Waals surface area (Å²) < 4.78 is 23.6. The van der Waals surface area contributed by atoms with Crippen LogP contribution in [-0.4, -0.2) is 32.9 Å². The van der Waals surface area contributed by atoms with Gasteiger partial charge in [0.1, 0.15) is 17.3 Å². The third-order valence-corrected chi connectivity index (χ3v) is 3.05. The topological polar surface area (TPSA) is 69.2 Å². The quantitative estimate of drug-likeness (QED) is 0.625. The first-order chi connectivity index (χ1) is 11.6. The number of anilines is 1. The molecule has 2 rings (SSSR count). The van der Waals surface area contributed by atoms with Crippen molar-refractivity contribution in [2.75, 3.05) is 26.1 Å². The molecule has 126 valence electrons. The van der Waals surface area contributed by atoms with Gasteiger partial charge in [0.2, 0.25) is 0 Å². The van der Waals surface area contributed by atoms with Crippen molar-refractivity contribution in [2.45, 2.75) is 0 Å². The molecule has 0 saturated heterocycles. The highest BCUT2D eigenvalue weighted by molar-refractivity contribution is 5.93. The molecule has 1 N–H and O–H groups in total. The summed E-state index contributed by atoms with van der Waals surface area (Å²) in [5.41, 5.74) is 0.750. The van der Waals surface area contributed by atoms with E-state index in [1.54, 1.807) is 36.4 Å². The van der Waals surface area contributed by atoms with Crippen LogP contribution in [0.25, 0.3) is 0 Å². The van der Waals surface area contributed by atoms with Crippen LogP contribution in [0.4, 0.5) is 10.1 Å². The fourth-order valence-corrected chi connectivity index (χ4v) is 1.86. The second-order valence-corrected chi connectivity index (χ2v) is 4.64. The third kappa shape index (κ3) is 4.70. The zero-order valence-corrected chi connectivity index (χ0v) is 13.3. The SMILES string of the molecule is COc1ccc(NC(=O)CO/N=C\c2ccccc2F)c(OC)c1. The van der Waals surface area contributed by atoms with Crippen molar-refractivity contribution in [3.05, 3.63) is 53.8 Å². The molecule has 0 aliphatic carbocycles. The molecule has 0 radical (unpaired) electrons. The Bertz CT molecular complexity index is 734. The first-order valence-corrected chi connectivity index (χ1v) is 7.05. The number of nitrogens with one attached hydrogen (secondary N) is 1. The van der Waals surface area contributed by atoms with Gasteiger partial charge < -0.3 is 19.6 Å². The van der Waals surface area contributed by atoms with Crippen LogP contribution in [-0.2, 0) is 9.63 Å². The van der Waals surface area contributed by atoms with Crippen molar-refractivity contribution in [1.82, 2.24) is 0 Å². The molecule has 6 nitrogen and oxygen atoms in total. The number of halogens is 1. The lowest BCUT2D eigenvalue weighted by Crippen LogP contribution is -2.17. The number of carbonyl (C=O) groups excluding carboxylic acids is 1. The van der Waals surface area contributed by atoms with Gasteiger partial charge in [0.15, 0.2) is 6.61 Å². The van der Waals surface area contributed by atoms with E-state index in [-0.39, 0.29) is 12.2 Å². The van der Waals surface area contributed by atoms with E-state index in [4.69, 9.17) is 14.3 Å². The Morgan fingerprint density at radius 1 is 1.21 bits per heavy atom. The number of carbonyl (C=O) groups is 1. The van der Waals surface area contributed by atoms with Gasteiger partial charge in [0.05, 0.1) is 26.1 Å². The molecule has 0 spiro atoms. The number of ether oxygens (including phenoxy) is 2. The van der Waals surface area contributed by atoms with Crippen LogP contribution in [0.2, 0.25) is 0 Å². The standard InChI is InChI=1S/C17H17FN2O4/c1-22-13-7-8-15(16(9-13)23-2)20-17(21)11-24-19-10-12-5-3-4-6-14(12)18/h3-10H,11H2,1-2H3,(H,20,21)/b19-10-. The summed E-state index contributed by atoms with van der Waals surface area (Å²) in [6, 6.07) is 11.1. The zero-order chi connectivity index (χ0) is 17.4. The van der Waals surface area contributed by atoms with E-state index in [1.165, 1.54) is 26.5 Å². The normalized spacial score (nSPS) is 10.5. The van der Waals surface area contributed by atoms with Crippen LogP contribution in [0.15, 0.2) is 47.6 Å². The fourth-order valence-electron chi connectivity index (χ4n) is 1.86. The van der Waals surface area contributed by atoms with Gasteiger partial charge in [-0.1, -0.05) is 23.4 Å². The number of methoxy groups -OCH3 is 2. The number of nitrogens with zero attached hydrogens (tertiary/aromatic N) is 1. The predicted molar refractivity (Wildman–Crippen MR) is 88.1 cm³/mol. The number of amides is 1. The molecule has 2 aromatic rings. The van der Waals surface area contributed by atoms with Crippen molar-refractivity contribution in [2.24, 2.45) is 5.16 Å². The number of rotatable bonds is 7. The minimum Gasteiger partial charge on any atom is -0.497 e. The molecule has 1 amide bonds. The Kier molecular flexibility index (Phi) is 6.13. The Morgan fingerprint density at radius 2 is 2.00 bits per heavy atom. The predicted octanol–water partition coefficient (Wildman–Crippen LogP) is 2.83. The molecule has 0 unspecified atom stereocenters. The lowest BCUT2D eigenvalue weighted by Gasteiger charge is -2.11. The molecule has 0 aliphatic rings. The highest BCUT2D eigenvalue weighted by Crippen LogP contribution is 2.28. The van der Waals surface area contributed by atoms with Crippen molar-refractivity contribution < 1.29 is 23.5 Å². The lowest BCUT2D eigenvalue weighted by molar-refractivity contribution is -0.120. The van der Waals surface area contributed by atoms with Crippen LogP contribution in [0, 0.1) is 5.82 Å². The third-order valence-electron chi connectivity index (χ3n) is 3.05. The number of oxime groups is 1. The molecule has 2 aromatic carbocycles. The molecule has 0 heterocycles. The van der Waals surface area contributed by atoms with Crippen LogP contribution < -0.4 is 14.8 Å². The van der Waals surface area contributed by atoms with Crippen molar-refractivity contribution >= 4 is 17.8 Å². The van der Waals surface area contributed by atoms with Crippen LogP contribution in [0.1, 0.15) is 5.56 Å². The molecule has 0 bridgehead atoms. The van der Waals surface area contributed by atoms with E-state index >= 15 is 0 Å². The van der Waals surface area contributed by atoms with Gasteiger partial charge in [-0.15, -0.1) is 0 Å². The van der Waals surface area contributed by atoms with Gasteiger partial charge in [-0.05, 0) is 18.2 Å². The Morgan fingerprint density at radius 3 is 2.71 bits per heavy atom. The Balaban J connectivity index is 1.89. The monoisotopic (exact) mass is 332 g/mol. The molecule has 0 aromatic heterocycles. The largest absolute Gasteiger partial charge is 0.497 e. The number of benzene rings is 2. The zero-order valence-electron chi connectivity index (χ0n) is 13.3.